The second-order valence-corrected chi connectivity index (χ2v) is 6.35. The van der Waals surface area contributed by atoms with Crippen LogP contribution >= 0.6 is 0 Å². The first-order chi connectivity index (χ1) is 9.15. The molecule has 1 saturated carbocycles. The largest absolute Gasteiger partial charge is 0.263 e. The Bertz CT molecular complexity index is 662. The Hall–Kier alpha value is -1.88. The van der Waals surface area contributed by atoms with E-state index in [4.69, 9.17) is 0 Å². The van der Waals surface area contributed by atoms with E-state index in [0.29, 0.717) is 11.7 Å². The monoisotopic (exact) mass is 274 g/mol. The number of sulfonamides is 1. The first-order valence-electron chi connectivity index (χ1n) is 6.19. The molecule has 0 bridgehead atoms. The van der Waals surface area contributed by atoms with Crippen molar-refractivity contribution in [2.24, 2.45) is 0 Å². The Labute approximate surface area is 112 Å². The number of benzene rings is 1. The highest BCUT2D eigenvalue weighted by atomic mass is 32.2. The molecule has 3 rings (SSSR count). The van der Waals surface area contributed by atoms with E-state index in [2.05, 4.69) is 9.71 Å². The van der Waals surface area contributed by atoms with Gasteiger partial charge in [-0.3, -0.25) is 4.72 Å². The molecular weight excluding hydrogens is 260 g/mol. The van der Waals surface area contributed by atoms with Crippen molar-refractivity contribution in [1.82, 2.24) is 4.98 Å². The molecule has 5 heteroatoms. The van der Waals surface area contributed by atoms with Gasteiger partial charge in [-0.05, 0) is 48.6 Å². The Morgan fingerprint density at radius 3 is 2.37 bits per heavy atom. The molecule has 1 heterocycles. The fourth-order valence-corrected chi connectivity index (χ4v) is 2.96. The summed E-state index contributed by atoms with van der Waals surface area (Å²) in [5.41, 5.74) is 1.22. The SMILES string of the molecule is O=S(=O)(Nc1ccccn1)c1ccc(C2CC2)cc1. The summed E-state index contributed by atoms with van der Waals surface area (Å²) < 4.78 is 26.8. The highest BCUT2D eigenvalue weighted by molar-refractivity contribution is 7.92. The summed E-state index contributed by atoms with van der Waals surface area (Å²) >= 11 is 0. The van der Waals surface area contributed by atoms with Gasteiger partial charge in [-0.25, -0.2) is 13.4 Å². The van der Waals surface area contributed by atoms with Gasteiger partial charge in [-0.1, -0.05) is 18.2 Å². The van der Waals surface area contributed by atoms with Crippen molar-refractivity contribution in [1.29, 1.82) is 0 Å². The molecule has 1 aliphatic carbocycles. The number of hydrogen-bond acceptors (Lipinski definition) is 3. The Kier molecular flexibility index (Phi) is 2.98. The highest BCUT2D eigenvalue weighted by Crippen LogP contribution is 2.40. The van der Waals surface area contributed by atoms with Crippen LogP contribution in [0.4, 0.5) is 5.82 Å². The van der Waals surface area contributed by atoms with E-state index < -0.39 is 10.0 Å². The molecule has 1 aromatic carbocycles. The minimum Gasteiger partial charge on any atom is -0.263 e. The topological polar surface area (TPSA) is 59.1 Å². The lowest BCUT2D eigenvalue weighted by molar-refractivity contribution is 0.601. The summed E-state index contributed by atoms with van der Waals surface area (Å²) in [7, 11) is -3.55. The number of aromatic nitrogens is 1. The van der Waals surface area contributed by atoms with Crippen molar-refractivity contribution in [3.8, 4) is 0 Å². The minimum atomic E-state index is -3.55. The lowest BCUT2D eigenvalue weighted by Gasteiger charge is -2.07. The normalized spacial score (nSPS) is 15.2. The Balaban J connectivity index is 1.83. The molecule has 0 atom stereocenters. The highest BCUT2D eigenvalue weighted by Gasteiger charge is 2.24. The van der Waals surface area contributed by atoms with Crippen LogP contribution in [0.1, 0.15) is 24.3 Å². The van der Waals surface area contributed by atoms with E-state index in [0.717, 1.165) is 0 Å². The minimum absolute atomic E-state index is 0.266. The van der Waals surface area contributed by atoms with Gasteiger partial charge in [0.2, 0.25) is 0 Å². The third-order valence-electron chi connectivity index (χ3n) is 3.14. The Morgan fingerprint density at radius 1 is 1.05 bits per heavy atom. The summed E-state index contributed by atoms with van der Waals surface area (Å²) in [5, 5.41) is 0. The van der Waals surface area contributed by atoms with Crippen LogP contribution in [0.3, 0.4) is 0 Å². The molecule has 1 aromatic heterocycles. The average Bonchev–Trinajstić information content (AvgIpc) is 3.24. The molecule has 1 fully saturated rings. The number of pyridine rings is 1. The second-order valence-electron chi connectivity index (χ2n) is 4.66. The maximum atomic E-state index is 12.1. The summed E-state index contributed by atoms with van der Waals surface area (Å²) in [6.07, 6.45) is 3.96. The van der Waals surface area contributed by atoms with E-state index >= 15 is 0 Å². The van der Waals surface area contributed by atoms with Crippen LogP contribution in [-0.2, 0) is 10.0 Å². The van der Waals surface area contributed by atoms with Crippen LogP contribution in [0.25, 0.3) is 0 Å². The number of anilines is 1. The fourth-order valence-electron chi connectivity index (χ4n) is 1.96. The van der Waals surface area contributed by atoms with Gasteiger partial charge in [0.15, 0.2) is 0 Å². The smallest absolute Gasteiger partial charge is 0.263 e. The first kappa shape index (κ1) is 12.2. The van der Waals surface area contributed by atoms with E-state index in [1.54, 1.807) is 36.5 Å². The van der Waals surface area contributed by atoms with Gasteiger partial charge >= 0.3 is 0 Å². The number of hydrogen-bond donors (Lipinski definition) is 1. The van der Waals surface area contributed by atoms with Crippen LogP contribution in [0, 0.1) is 0 Å². The fraction of sp³-hybridized carbons (Fsp3) is 0.214. The van der Waals surface area contributed by atoms with Gasteiger partial charge in [0.25, 0.3) is 10.0 Å². The Morgan fingerprint density at radius 2 is 1.79 bits per heavy atom. The molecule has 2 aromatic rings. The molecule has 0 amide bonds. The molecule has 19 heavy (non-hydrogen) atoms. The maximum absolute atomic E-state index is 12.1. The number of rotatable bonds is 4. The van der Waals surface area contributed by atoms with Gasteiger partial charge in [0.1, 0.15) is 5.82 Å². The van der Waals surface area contributed by atoms with Crippen molar-refractivity contribution in [2.45, 2.75) is 23.7 Å². The van der Waals surface area contributed by atoms with Gasteiger partial charge in [0.05, 0.1) is 4.90 Å². The lowest BCUT2D eigenvalue weighted by atomic mass is 10.1. The van der Waals surface area contributed by atoms with Crippen LogP contribution in [0.2, 0.25) is 0 Å². The van der Waals surface area contributed by atoms with Crippen molar-refractivity contribution >= 4 is 15.8 Å². The maximum Gasteiger partial charge on any atom is 0.263 e. The first-order valence-corrected chi connectivity index (χ1v) is 7.67. The zero-order chi connectivity index (χ0) is 13.3. The summed E-state index contributed by atoms with van der Waals surface area (Å²) in [5.74, 6) is 0.953. The molecule has 0 spiro atoms. The van der Waals surface area contributed by atoms with E-state index in [9.17, 15) is 8.42 Å². The molecule has 0 unspecified atom stereocenters. The quantitative estimate of drug-likeness (QED) is 0.932. The molecule has 1 N–H and O–H groups in total. The van der Waals surface area contributed by atoms with Gasteiger partial charge < -0.3 is 0 Å². The molecule has 4 nitrogen and oxygen atoms in total. The van der Waals surface area contributed by atoms with E-state index in [1.165, 1.54) is 18.4 Å². The molecule has 0 radical (unpaired) electrons. The number of nitrogens with zero attached hydrogens (tertiary/aromatic N) is 1. The molecular formula is C14H14N2O2S. The summed E-state index contributed by atoms with van der Waals surface area (Å²) in [6.45, 7) is 0. The van der Waals surface area contributed by atoms with E-state index in [-0.39, 0.29) is 4.90 Å². The predicted molar refractivity (Wildman–Crippen MR) is 73.5 cm³/mol. The second kappa shape index (κ2) is 4.66. The molecule has 0 aliphatic heterocycles. The van der Waals surface area contributed by atoms with Gasteiger partial charge in [-0.2, -0.15) is 0 Å². The third-order valence-corrected chi connectivity index (χ3v) is 4.51. The standard InChI is InChI=1S/C14H14N2O2S/c17-19(18,16-14-3-1-2-10-15-14)13-8-6-12(7-9-13)11-4-5-11/h1-3,6-11H,4-5H2,(H,15,16). The zero-order valence-electron chi connectivity index (χ0n) is 10.3. The van der Waals surface area contributed by atoms with Crippen molar-refractivity contribution < 1.29 is 8.42 Å². The summed E-state index contributed by atoms with van der Waals surface area (Å²) in [4.78, 5) is 4.22. The van der Waals surface area contributed by atoms with Crippen LogP contribution < -0.4 is 4.72 Å². The van der Waals surface area contributed by atoms with E-state index in [1.807, 2.05) is 12.1 Å². The zero-order valence-corrected chi connectivity index (χ0v) is 11.1. The van der Waals surface area contributed by atoms with Crippen molar-refractivity contribution in [3.05, 3.63) is 54.2 Å². The molecule has 98 valence electrons. The van der Waals surface area contributed by atoms with Crippen molar-refractivity contribution in [3.63, 3.8) is 0 Å². The van der Waals surface area contributed by atoms with Crippen LogP contribution in [0.15, 0.2) is 53.6 Å². The predicted octanol–water partition coefficient (Wildman–Crippen LogP) is 2.76. The molecule has 0 saturated heterocycles. The third kappa shape index (κ3) is 2.76. The molecule has 1 aliphatic rings. The number of nitrogens with one attached hydrogen (secondary N) is 1. The van der Waals surface area contributed by atoms with Crippen molar-refractivity contribution in [2.75, 3.05) is 4.72 Å². The average molecular weight is 274 g/mol. The summed E-state index contributed by atoms with van der Waals surface area (Å²) in [6, 6.07) is 12.2. The van der Waals surface area contributed by atoms with Gasteiger partial charge in [0, 0.05) is 6.20 Å². The van der Waals surface area contributed by atoms with Crippen LogP contribution in [-0.4, -0.2) is 13.4 Å². The van der Waals surface area contributed by atoms with Gasteiger partial charge in [-0.15, -0.1) is 0 Å². The van der Waals surface area contributed by atoms with Crippen LogP contribution in [0.5, 0.6) is 0 Å². The lowest BCUT2D eigenvalue weighted by Crippen LogP contribution is -2.13.